The van der Waals surface area contributed by atoms with Gasteiger partial charge < -0.3 is 16.4 Å². The van der Waals surface area contributed by atoms with Gasteiger partial charge in [-0.25, -0.2) is 8.78 Å². The molecule has 9 rings (SSSR count). The first kappa shape index (κ1) is 41.8. The molecule has 2 atom stereocenters. The van der Waals surface area contributed by atoms with Crippen LogP contribution in [0.1, 0.15) is 86.2 Å². The highest BCUT2D eigenvalue weighted by Gasteiger charge is 2.23. The fourth-order valence-electron chi connectivity index (χ4n) is 8.91. The summed E-state index contributed by atoms with van der Waals surface area (Å²) in [6.07, 6.45) is 9.61. The maximum atomic E-state index is 13.1. The number of carbonyl (C=O) groups excluding carboxylic acids is 2. The molecule has 1 fully saturated rings. The lowest BCUT2D eigenvalue weighted by Crippen LogP contribution is -2.38. The average molecular weight is 817 g/mol. The van der Waals surface area contributed by atoms with Crippen molar-refractivity contribution < 1.29 is 18.4 Å². The van der Waals surface area contributed by atoms with Crippen LogP contribution >= 0.6 is 0 Å². The van der Waals surface area contributed by atoms with Crippen molar-refractivity contribution in [1.29, 1.82) is 0 Å². The smallest absolute Gasteiger partial charge is 0.251 e. The summed E-state index contributed by atoms with van der Waals surface area (Å²) in [5, 5.41) is 6.38. The molecule has 0 spiro atoms. The molecule has 0 aromatic heterocycles. The Kier molecular flexibility index (Phi) is 13.4. The predicted octanol–water partition coefficient (Wildman–Crippen LogP) is 10.0. The lowest BCUT2D eigenvalue weighted by molar-refractivity contribution is 0.0925. The highest BCUT2D eigenvalue weighted by molar-refractivity contribution is 5.95. The second-order valence-electron chi connectivity index (χ2n) is 16.7. The minimum Gasteiger partial charge on any atom is -0.349 e. The lowest BCUT2D eigenvalue weighted by Gasteiger charge is -2.28. The number of nitrogens with two attached hydrogens (primary N) is 1. The Labute approximate surface area is 358 Å². The Hall–Kier alpha value is -5.96. The van der Waals surface area contributed by atoms with E-state index in [0.717, 1.165) is 72.9 Å². The van der Waals surface area contributed by atoms with Gasteiger partial charge in [-0.05, 0) is 169 Å². The van der Waals surface area contributed by atoms with Gasteiger partial charge in [-0.15, -0.1) is 0 Å². The number of hydrogen-bond acceptors (Lipinski definition) is 4. The van der Waals surface area contributed by atoms with Gasteiger partial charge in [-0.3, -0.25) is 14.5 Å². The standard InChI is InChI=1S/C29H31FN2O.C24H23FN2O/c30-27-13-10-23(11-14-27)22-6-8-24(9-7-22)29(33)31-28-15-12-25-18-21(4-5-26(25)19-28)20-32-16-2-1-3-17-32;25-22-10-7-18(8-11-22)17-3-5-19(6-4-17)24(28)27-23-12-9-20-13-16(15-26)1-2-21(20)14-23/h4-11,13-14,18,28H,1-3,12,15-17,19-20H2,(H,31,33);1-8,10-11,13,23H,9,12,14-15,26H2,(H,27,28). The van der Waals surface area contributed by atoms with Gasteiger partial charge in [0.1, 0.15) is 11.6 Å². The van der Waals surface area contributed by atoms with Gasteiger partial charge in [-0.2, -0.15) is 0 Å². The topological polar surface area (TPSA) is 87.5 Å². The summed E-state index contributed by atoms with van der Waals surface area (Å²) < 4.78 is 26.2. The van der Waals surface area contributed by atoms with E-state index in [0.29, 0.717) is 17.7 Å². The van der Waals surface area contributed by atoms with Gasteiger partial charge in [0.2, 0.25) is 0 Å². The van der Waals surface area contributed by atoms with Gasteiger partial charge >= 0.3 is 0 Å². The zero-order valence-corrected chi connectivity index (χ0v) is 34.6. The number of hydrogen-bond donors (Lipinski definition) is 3. The fourth-order valence-corrected chi connectivity index (χ4v) is 8.91. The molecule has 4 N–H and O–H groups in total. The first-order chi connectivity index (χ1) is 29.8. The Morgan fingerprint density at radius 2 is 0.934 bits per heavy atom. The Bertz CT molecular complexity index is 2430. The van der Waals surface area contributed by atoms with Crippen molar-refractivity contribution in [2.45, 2.75) is 83.0 Å². The molecule has 312 valence electrons. The zero-order chi connectivity index (χ0) is 42.1. The van der Waals surface area contributed by atoms with Gasteiger partial charge in [0, 0.05) is 36.3 Å². The first-order valence-corrected chi connectivity index (χ1v) is 21.7. The Morgan fingerprint density at radius 1 is 0.525 bits per heavy atom. The number of nitrogens with one attached hydrogen (secondary N) is 2. The number of piperidine rings is 1. The summed E-state index contributed by atoms with van der Waals surface area (Å²) in [5.41, 5.74) is 18.8. The number of likely N-dealkylation sites (tertiary alicyclic amines) is 1. The third kappa shape index (κ3) is 10.9. The number of fused-ring (bicyclic) bond motifs is 2. The zero-order valence-electron chi connectivity index (χ0n) is 34.6. The van der Waals surface area contributed by atoms with Crippen LogP contribution in [-0.4, -0.2) is 41.9 Å². The molecular weight excluding hydrogens is 763 g/mol. The van der Waals surface area contributed by atoms with Gasteiger partial charge in [0.15, 0.2) is 0 Å². The first-order valence-electron chi connectivity index (χ1n) is 21.7. The van der Waals surface area contributed by atoms with Gasteiger partial charge in [0.05, 0.1) is 0 Å². The average Bonchev–Trinajstić information content (AvgIpc) is 3.30. The largest absolute Gasteiger partial charge is 0.349 e. The minimum atomic E-state index is -0.256. The number of halogens is 2. The molecule has 1 heterocycles. The summed E-state index contributed by atoms with van der Waals surface area (Å²) in [7, 11) is 0. The molecular formula is C53H54F2N4O2. The Morgan fingerprint density at radius 3 is 1.38 bits per heavy atom. The molecule has 1 saturated heterocycles. The molecule has 2 aliphatic carbocycles. The molecule has 6 nitrogen and oxygen atoms in total. The van der Waals surface area contributed by atoms with Crippen LogP contribution in [0.3, 0.4) is 0 Å². The molecule has 6 aromatic rings. The van der Waals surface area contributed by atoms with Crippen LogP contribution in [0.4, 0.5) is 8.78 Å². The van der Waals surface area contributed by atoms with E-state index in [1.54, 1.807) is 24.3 Å². The van der Waals surface area contributed by atoms with E-state index in [1.807, 2.05) is 48.5 Å². The third-order valence-corrected chi connectivity index (χ3v) is 12.4. The molecule has 61 heavy (non-hydrogen) atoms. The van der Waals surface area contributed by atoms with Crippen LogP contribution in [-0.2, 0) is 38.8 Å². The van der Waals surface area contributed by atoms with Crippen molar-refractivity contribution in [3.63, 3.8) is 0 Å². The van der Waals surface area contributed by atoms with Crippen molar-refractivity contribution >= 4 is 11.8 Å². The van der Waals surface area contributed by atoms with E-state index < -0.39 is 0 Å². The molecule has 0 bridgehead atoms. The summed E-state index contributed by atoms with van der Waals surface area (Å²) in [5.74, 6) is -0.594. The number of aryl methyl sites for hydroxylation is 2. The monoisotopic (exact) mass is 816 g/mol. The van der Waals surface area contributed by atoms with Crippen molar-refractivity contribution in [2.75, 3.05) is 13.1 Å². The van der Waals surface area contributed by atoms with Crippen LogP contribution in [0.2, 0.25) is 0 Å². The van der Waals surface area contributed by atoms with Gasteiger partial charge in [0.25, 0.3) is 11.8 Å². The number of nitrogens with zero attached hydrogens (tertiary/aromatic N) is 1. The number of carbonyl (C=O) groups is 2. The summed E-state index contributed by atoms with van der Waals surface area (Å²) in [6.45, 7) is 4.05. The molecule has 3 aliphatic rings. The van der Waals surface area contributed by atoms with Crippen molar-refractivity contribution in [3.05, 3.63) is 190 Å². The van der Waals surface area contributed by atoms with Crippen molar-refractivity contribution in [1.82, 2.24) is 15.5 Å². The highest BCUT2D eigenvalue weighted by Crippen LogP contribution is 2.27. The quantitative estimate of drug-likeness (QED) is 0.136. The Balaban J connectivity index is 0.000000171. The summed E-state index contributed by atoms with van der Waals surface area (Å²) >= 11 is 0. The molecule has 0 saturated carbocycles. The van der Waals surface area contributed by atoms with E-state index in [2.05, 4.69) is 51.9 Å². The van der Waals surface area contributed by atoms with E-state index in [4.69, 9.17) is 5.73 Å². The molecule has 8 heteroatoms. The second-order valence-corrected chi connectivity index (χ2v) is 16.7. The van der Waals surface area contributed by atoms with E-state index in [1.165, 1.54) is 84.4 Å². The summed E-state index contributed by atoms with van der Waals surface area (Å²) in [4.78, 5) is 28.0. The predicted molar refractivity (Wildman–Crippen MR) is 240 cm³/mol. The van der Waals surface area contributed by atoms with Gasteiger partial charge in [-0.1, -0.05) is 91.3 Å². The fraction of sp³-hybridized carbons (Fsp3) is 0.283. The van der Waals surface area contributed by atoms with Crippen LogP contribution < -0.4 is 16.4 Å². The summed E-state index contributed by atoms with van der Waals surface area (Å²) in [6, 6.07) is 41.3. The van der Waals surface area contributed by atoms with Crippen LogP contribution in [0, 0.1) is 11.6 Å². The van der Waals surface area contributed by atoms with E-state index in [9.17, 15) is 18.4 Å². The van der Waals surface area contributed by atoms with Crippen LogP contribution in [0.5, 0.6) is 0 Å². The highest BCUT2D eigenvalue weighted by atomic mass is 19.1. The molecule has 2 amide bonds. The number of rotatable bonds is 9. The lowest BCUT2D eigenvalue weighted by atomic mass is 9.87. The normalized spacial score (nSPS) is 17.2. The van der Waals surface area contributed by atoms with E-state index in [-0.39, 0.29) is 35.5 Å². The number of benzene rings is 6. The third-order valence-electron chi connectivity index (χ3n) is 12.4. The molecule has 1 aliphatic heterocycles. The molecule has 6 aromatic carbocycles. The van der Waals surface area contributed by atoms with Crippen molar-refractivity contribution in [2.24, 2.45) is 5.73 Å². The minimum absolute atomic E-state index is 0.0316. The van der Waals surface area contributed by atoms with Crippen LogP contribution in [0.15, 0.2) is 133 Å². The SMILES string of the molecule is NCc1ccc2c(c1)CCC(NC(=O)c1ccc(-c3ccc(F)cc3)cc1)C2.O=C(NC1CCc2cc(CN3CCCCC3)ccc2C1)c1ccc(-c2ccc(F)cc2)cc1. The maximum absolute atomic E-state index is 13.1. The number of amides is 2. The molecule has 2 unspecified atom stereocenters. The second kappa shape index (κ2) is 19.6. The maximum Gasteiger partial charge on any atom is 0.251 e. The van der Waals surface area contributed by atoms with E-state index >= 15 is 0 Å². The van der Waals surface area contributed by atoms with Crippen LogP contribution in [0.25, 0.3) is 22.3 Å². The molecule has 0 radical (unpaired) electrons. The van der Waals surface area contributed by atoms with Crippen molar-refractivity contribution in [3.8, 4) is 22.3 Å².